The van der Waals surface area contributed by atoms with Gasteiger partial charge in [-0.1, -0.05) is 36.4 Å². The highest BCUT2D eigenvalue weighted by molar-refractivity contribution is 5.88. The van der Waals surface area contributed by atoms with E-state index in [-0.39, 0.29) is 37.2 Å². The summed E-state index contributed by atoms with van der Waals surface area (Å²) in [5.41, 5.74) is 2.01. The Kier molecular flexibility index (Phi) is 6.44. The predicted molar refractivity (Wildman–Crippen MR) is 104 cm³/mol. The molecule has 0 bridgehead atoms. The van der Waals surface area contributed by atoms with Gasteiger partial charge in [0, 0.05) is 44.4 Å². The number of nitrogens with two attached hydrogens (primary N) is 1. The second-order valence-electron chi connectivity index (χ2n) is 6.60. The van der Waals surface area contributed by atoms with Crippen LogP contribution >= 0.6 is 0 Å². The Labute approximate surface area is 163 Å². The van der Waals surface area contributed by atoms with Gasteiger partial charge in [-0.15, -0.1) is 0 Å². The highest BCUT2D eigenvalue weighted by Gasteiger charge is 2.24. The number of nitrogens with one attached hydrogen (secondary N) is 1. The number of hydrogen-bond donors (Lipinski definition) is 2. The molecule has 0 radical (unpaired) electrons. The lowest BCUT2D eigenvalue weighted by atomic mass is 10.1. The van der Waals surface area contributed by atoms with E-state index in [9.17, 15) is 14.4 Å². The quantitative estimate of drug-likeness (QED) is 0.432. The first-order valence-electron chi connectivity index (χ1n) is 9.24. The molecule has 1 aliphatic rings. The van der Waals surface area contributed by atoms with E-state index in [1.165, 1.54) is 0 Å². The molecule has 148 valence electrons. The summed E-state index contributed by atoms with van der Waals surface area (Å²) in [4.78, 5) is 39.1. The van der Waals surface area contributed by atoms with Crippen LogP contribution in [0.2, 0.25) is 0 Å². The number of hydrazine groups is 1. The smallest absolute Gasteiger partial charge is 0.260 e. The summed E-state index contributed by atoms with van der Waals surface area (Å²) in [6.45, 7) is 1.75. The first-order valence-corrected chi connectivity index (χ1v) is 9.24. The Hall–Kier alpha value is -3.13. The lowest BCUT2D eigenvalue weighted by molar-refractivity contribution is -0.141. The summed E-state index contributed by atoms with van der Waals surface area (Å²) in [5, 5.41) is 2.03. The van der Waals surface area contributed by atoms with Crippen LogP contribution in [0.25, 0.3) is 10.8 Å². The van der Waals surface area contributed by atoms with Gasteiger partial charge in [0.15, 0.2) is 6.61 Å². The van der Waals surface area contributed by atoms with Gasteiger partial charge in [-0.05, 0) is 11.5 Å². The Balaban J connectivity index is 1.47. The third-order valence-corrected chi connectivity index (χ3v) is 4.81. The molecule has 8 nitrogen and oxygen atoms in total. The minimum atomic E-state index is -0.368. The maximum absolute atomic E-state index is 12.5. The van der Waals surface area contributed by atoms with Crippen molar-refractivity contribution < 1.29 is 19.1 Å². The number of carbonyl (C=O) groups excluding carboxylic acids is 3. The van der Waals surface area contributed by atoms with Gasteiger partial charge in [-0.25, -0.2) is 5.84 Å². The third-order valence-electron chi connectivity index (χ3n) is 4.81. The Morgan fingerprint density at radius 1 is 0.893 bits per heavy atom. The monoisotopic (exact) mass is 384 g/mol. The van der Waals surface area contributed by atoms with E-state index in [1.807, 2.05) is 47.9 Å². The molecule has 8 heteroatoms. The topological polar surface area (TPSA) is 105 Å². The van der Waals surface area contributed by atoms with Crippen molar-refractivity contribution in [2.75, 3.05) is 32.8 Å². The molecule has 1 aliphatic heterocycles. The summed E-state index contributed by atoms with van der Waals surface area (Å²) in [7, 11) is 0. The van der Waals surface area contributed by atoms with Crippen molar-refractivity contribution in [2.45, 2.75) is 12.8 Å². The van der Waals surface area contributed by atoms with Crippen molar-refractivity contribution in [3.8, 4) is 5.75 Å². The molecule has 0 aromatic heterocycles. The molecule has 3 amide bonds. The summed E-state index contributed by atoms with van der Waals surface area (Å²) in [6.07, 6.45) is 0.175. The highest BCUT2D eigenvalue weighted by Crippen LogP contribution is 2.25. The molecule has 28 heavy (non-hydrogen) atoms. The van der Waals surface area contributed by atoms with Crippen LogP contribution < -0.4 is 16.0 Å². The zero-order valence-corrected chi connectivity index (χ0v) is 15.6. The first kappa shape index (κ1) is 19.6. The summed E-state index contributed by atoms with van der Waals surface area (Å²) >= 11 is 0. The van der Waals surface area contributed by atoms with Crippen LogP contribution in [0.5, 0.6) is 5.75 Å². The van der Waals surface area contributed by atoms with E-state index in [2.05, 4.69) is 0 Å². The van der Waals surface area contributed by atoms with Gasteiger partial charge in [0.05, 0.1) is 0 Å². The van der Waals surface area contributed by atoms with E-state index < -0.39 is 0 Å². The van der Waals surface area contributed by atoms with Crippen molar-refractivity contribution >= 4 is 28.5 Å². The van der Waals surface area contributed by atoms with Gasteiger partial charge in [0.1, 0.15) is 5.75 Å². The first-order chi connectivity index (χ1) is 13.6. The van der Waals surface area contributed by atoms with Gasteiger partial charge >= 0.3 is 0 Å². The van der Waals surface area contributed by atoms with Crippen molar-refractivity contribution in [3.63, 3.8) is 0 Å². The number of piperazine rings is 1. The molecule has 0 saturated carbocycles. The molecular weight excluding hydrogens is 360 g/mol. The average molecular weight is 384 g/mol. The second kappa shape index (κ2) is 9.18. The Morgan fingerprint density at radius 3 is 2.25 bits per heavy atom. The summed E-state index contributed by atoms with van der Waals surface area (Å²) in [5.74, 6) is 5.10. The molecule has 0 unspecified atom stereocenters. The van der Waals surface area contributed by atoms with Crippen molar-refractivity contribution in [1.82, 2.24) is 15.2 Å². The molecule has 0 aliphatic carbocycles. The fraction of sp³-hybridized carbons (Fsp3) is 0.350. The molecule has 0 spiro atoms. The van der Waals surface area contributed by atoms with Crippen molar-refractivity contribution in [3.05, 3.63) is 42.5 Å². The van der Waals surface area contributed by atoms with Crippen LogP contribution in [0.15, 0.2) is 42.5 Å². The molecule has 1 saturated heterocycles. The lowest BCUT2D eigenvalue weighted by Gasteiger charge is -2.34. The molecule has 3 rings (SSSR count). The maximum atomic E-state index is 12.5. The Bertz CT molecular complexity index is 857. The largest absolute Gasteiger partial charge is 0.483 e. The summed E-state index contributed by atoms with van der Waals surface area (Å²) < 4.78 is 5.76. The van der Waals surface area contributed by atoms with E-state index in [4.69, 9.17) is 10.6 Å². The second-order valence-corrected chi connectivity index (χ2v) is 6.60. The van der Waals surface area contributed by atoms with Gasteiger partial charge in [-0.2, -0.15) is 0 Å². The van der Waals surface area contributed by atoms with Crippen LogP contribution in [-0.2, 0) is 14.4 Å². The van der Waals surface area contributed by atoms with Gasteiger partial charge in [-0.3, -0.25) is 19.8 Å². The lowest BCUT2D eigenvalue weighted by Crippen LogP contribution is -2.51. The van der Waals surface area contributed by atoms with Crippen LogP contribution in [0.4, 0.5) is 0 Å². The van der Waals surface area contributed by atoms with Gasteiger partial charge < -0.3 is 14.5 Å². The zero-order chi connectivity index (χ0) is 19.9. The molecule has 2 aromatic carbocycles. The normalized spacial score (nSPS) is 14.0. The van der Waals surface area contributed by atoms with Crippen LogP contribution in [0.3, 0.4) is 0 Å². The van der Waals surface area contributed by atoms with E-state index in [0.717, 1.165) is 10.8 Å². The molecule has 3 N–H and O–H groups in total. The van der Waals surface area contributed by atoms with Crippen LogP contribution in [-0.4, -0.2) is 60.3 Å². The average Bonchev–Trinajstić information content (AvgIpc) is 2.75. The third kappa shape index (κ3) is 4.77. The Morgan fingerprint density at radius 2 is 1.54 bits per heavy atom. The fourth-order valence-electron chi connectivity index (χ4n) is 3.21. The number of nitrogens with zero attached hydrogens (tertiary/aromatic N) is 2. The molecule has 2 aromatic rings. The zero-order valence-electron chi connectivity index (χ0n) is 15.6. The minimum Gasteiger partial charge on any atom is -0.483 e. The van der Waals surface area contributed by atoms with Gasteiger partial charge in [0.2, 0.25) is 11.8 Å². The fourth-order valence-corrected chi connectivity index (χ4v) is 3.21. The molecule has 1 heterocycles. The SMILES string of the molecule is NNC(=O)CCC(=O)N1CCN(C(=O)COc2cccc3ccccc23)CC1. The standard InChI is InChI=1S/C20H24N4O4/c21-22-18(25)8-9-19(26)23-10-12-24(13-11-23)20(27)14-28-17-7-3-5-15-4-1-2-6-16(15)17/h1-7H,8-14,21H2,(H,22,25). The molecule has 0 atom stereocenters. The molecule has 1 fully saturated rings. The number of fused-ring (bicyclic) bond motifs is 1. The van der Waals surface area contributed by atoms with E-state index >= 15 is 0 Å². The minimum absolute atomic E-state index is 0.0430. The number of amides is 3. The number of carbonyl (C=O) groups is 3. The maximum Gasteiger partial charge on any atom is 0.260 e. The predicted octanol–water partition coefficient (Wildman–Crippen LogP) is 0.660. The summed E-state index contributed by atoms with van der Waals surface area (Å²) in [6, 6.07) is 13.6. The number of ether oxygens (including phenoxy) is 1. The van der Waals surface area contributed by atoms with Crippen molar-refractivity contribution in [2.24, 2.45) is 5.84 Å². The van der Waals surface area contributed by atoms with Crippen molar-refractivity contribution in [1.29, 1.82) is 0 Å². The van der Waals surface area contributed by atoms with E-state index in [0.29, 0.717) is 31.9 Å². The molecular formula is C20H24N4O4. The number of hydrogen-bond acceptors (Lipinski definition) is 5. The van der Waals surface area contributed by atoms with Crippen LogP contribution in [0, 0.1) is 0 Å². The van der Waals surface area contributed by atoms with Gasteiger partial charge in [0.25, 0.3) is 5.91 Å². The van der Waals surface area contributed by atoms with E-state index in [1.54, 1.807) is 9.80 Å². The number of benzene rings is 2. The van der Waals surface area contributed by atoms with Crippen LogP contribution in [0.1, 0.15) is 12.8 Å². The highest BCUT2D eigenvalue weighted by atomic mass is 16.5. The number of rotatable bonds is 6.